The Morgan fingerprint density at radius 1 is 1.29 bits per heavy atom. The van der Waals surface area contributed by atoms with Gasteiger partial charge in [0.15, 0.2) is 5.65 Å². The van der Waals surface area contributed by atoms with E-state index in [2.05, 4.69) is 15.1 Å². The van der Waals surface area contributed by atoms with Gasteiger partial charge in [0.05, 0.1) is 17.3 Å². The van der Waals surface area contributed by atoms with E-state index >= 15 is 0 Å². The topological polar surface area (TPSA) is 100 Å². The molecule has 0 amide bonds. The SMILES string of the molecule is O=C(O)c1ccccc1/C=N/n1c(=O)[nH]c2cccnc21. The van der Waals surface area contributed by atoms with Crippen LogP contribution < -0.4 is 5.69 Å². The minimum Gasteiger partial charge on any atom is -0.478 e. The lowest BCUT2D eigenvalue weighted by Crippen LogP contribution is -2.13. The molecule has 7 heteroatoms. The van der Waals surface area contributed by atoms with Gasteiger partial charge in [0.2, 0.25) is 0 Å². The largest absolute Gasteiger partial charge is 0.478 e. The fourth-order valence-corrected chi connectivity index (χ4v) is 1.96. The van der Waals surface area contributed by atoms with E-state index in [9.17, 15) is 9.59 Å². The van der Waals surface area contributed by atoms with Crippen LogP contribution in [0, 0.1) is 0 Å². The number of aromatic carboxylic acids is 1. The van der Waals surface area contributed by atoms with Gasteiger partial charge < -0.3 is 10.1 Å². The molecule has 0 aliphatic carbocycles. The maximum Gasteiger partial charge on any atom is 0.348 e. The van der Waals surface area contributed by atoms with Crippen LogP contribution in [0.5, 0.6) is 0 Å². The lowest BCUT2D eigenvalue weighted by Gasteiger charge is -1.99. The fourth-order valence-electron chi connectivity index (χ4n) is 1.96. The molecule has 0 spiro atoms. The molecule has 0 fully saturated rings. The number of H-pyrrole nitrogens is 1. The van der Waals surface area contributed by atoms with E-state index in [0.717, 1.165) is 4.68 Å². The van der Waals surface area contributed by atoms with Gasteiger partial charge in [-0.1, -0.05) is 18.2 Å². The Morgan fingerprint density at radius 2 is 2.10 bits per heavy atom. The number of rotatable bonds is 3. The van der Waals surface area contributed by atoms with E-state index in [1.54, 1.807) is 36.5 Å². The number of nitrogens with zero attached hydrogens (tertiary/aromatic N) is 3. The summed E-state index contributed by atoms with van der Waals surface area (Å²) in [7, 11) is 0. The van der Waals surface area contributed by atoms with Crippen LogP contribution >= 0.6 is 0 Å². The Hall–Kier alpha value is -3.22. The Morgan fingerprint density at radius 3 is 2.90 bits per heavy atom. The quantitative estimate of drug-likeness (QED) is 0.707. The molecule has 21 heavy (non-hydrogen) atoms. The van der Waals surface area contributed by atoms with Crippen molar-refractivity contribution in [3.8, 4) is 0 Å². The van der Waals surface area contributed by atoms with Crippen LogP contribution in [0.1, 0.15) is 15.9 Å². The number of pyridine rings is 1. The standard InChI is InChI=1S/C14H10N4O3/c19-13(20)10-5-2-1-4-9(10)8-16-18-12-11(17-14(18)21)6-3-7-15-12/h1-8H,(H,17,21)(H,19,20)/b16-8+. The molecule has 2 aromatic heterocycles. The lowest BCUT2D eigenvalue weighted by atomic mass is 10.1. The zero-order valence-electron chi connectivity index (χ0n) is 10.7. The maximum absolute atomic E-state index is 11.8. The number of carboxylic acid groups (broad SMARTS) is 1. The Balaban J connectivity index is 2.09. The summed E-state index contributed by atoms with van der Waals surface area (Å²) in [6.45, 7) is 0. The number of hydrogen-bond acceptors (Lipinski definition) is 4. The third-order valence-corrected chi connectivity index (χ3v) is 2.92. The first-order chi connectivity index (χ1) is 10.2. The number of carbonyl (C=O) groups is 1. The van der Waals surface area contributed by atoms with Crippen molar-refractivity contribution in [3.05, 3.63) is 64.2 Å². The van der Waals surface area contributed by atoms with Crippen LogP contribution in [0.3, 0.4) is 0 Å². The zero-order valence-corrected chi connectivity index (χ0v) is 10.7. The summed E-state index contributed by atoms with van der Waals surface area (Å²) in [5.41, 5.74) is 1.02. The summed E-state index contributed by atoms with van der Waals surface area (Å²) >= 11 is 0. The summed E-state index contributed by atoms with van der Waals surface area (Å²) in [5, 5.41) is 13.1. The number of hydrogen-bond donors (Lipinski definition) is 2. The molecule has 0 aliphatic heterocycles. The predicted molar refractivity (Wildman–Crippen MR) is 76.7 cm³/mol. The minimum atomic E-state index is -1.05. The minimum absolute atomic E-state index is 0.113. The summed E-state index contributed by atoms with van der Waals surface area (Å²) in [5.74, 6) is -1.05. The van der Waals surface area contributed by atoms with Gasteiger partial charge in [-0.15, -0.1) is 0 Å². The normalized spacial score (nSPS) is 11.2. The van der Waals surface area contributed by atoms with E-state index in [0.29, 0.717) is 16.7 Å². The molecule has 2 heterocycles. The van der Waals surface area contributed by atoms with Gasteiger partial charge in [-0.2, -0.15) is 9.78 Å². The smallest absolute Gasteiger partial charge is 0.348 e. The molecule has 3 aromatic rings. The molecule has 0 atom stereocenters. The van der Waals surface area contributed by atoms with Crippen LogP contribution in [0.25, 0.3) is 11.2 Å². The van der Waals surface area contributed by atoms with Crippen molar-refractivity contribution in [1.82, 2.24) is 14.6 Å². The number of carboxylic acids is 1. The summed E-state index contributed by atoms with van der Waals surface area (Å²) in [4.78, 5) is 29.6. The number of benzene rings is 1. The van der Waals surface area contributed by atoms with E-state index in [1.165, 1.54) is 12.3 Å². The first kappa shape index (κ1) is 12.8. The van der Waals surface area contributed by atoms with Crippen molar-refractivity contribution < 1.29 is 9.90 Å². The predicted octanol–water partition coefficient (Wildman–Crippen LogP) is 1.30. The van der Waals surface area contributed by atoms with Gasteiger partial charge >= 0.3 is 11.7 Å². The molecule has 104 valence electrons. The van der Waals surface area contributed by atoms with Crippen LogP contribution in [-0.2, 0) is 0 Å². The van der Waals surface area contributed by atoms with E-state index in [-0.39, 0.29) is 5.56 Å². The molecule has 0 radical (unpaired) electrons. The molecule has 0 saturated heterocycles. The number of fused-ring (bicyclic) bond motifs is 1. The second kappa shape index (κ2) is 5.04. The van der Waals surface area contributed by atoms with Crippen LogP contribution in [0.15, 0.2) is 52.5 Å². The molecular formula is C14H10N4O3. The van der Waals surface area contributed by atoms with Crippen molar-refractivity contribution in [2.24, 2.45) is 5.10 Å². The first-order valence-electron chi connectivity index (χ1n) is 6.09. The van der Waals surface area contributed by atoms with E-state index in [1.807, 2.05) is 0 Å². The van der Waals surface area contributed by atoms with Crippen molar-refractivity contribution in [2.45, 2.75) is 0 Å². The highest BCUT2D eigenvalue weighted by Crippen LogP contribution is 2.08. The zero-order chi connectivity index (χ0) is 14.8. The van der Waals surface area contributed by atoms with Crippen LogP contribution in [-0.4, -0.2) is 31.9 Å². The molecule has 3 rings (SSSR count). The van der Waals surface area contributed by atoms with Gasteiger partial charge in [-0.05, 0) is 18.2 Å². The molecule has 1 aromatic carbocycles. The Labute approximate surface area is 118 Å². The second-order valence-electron chi connectivity index (χ2n) is 4.25. The second-order valence-corrected chi connectivity index (χ2v) is 4.25. The third kappa shape index (κ3) is 2.32. The van der Waals surface area contributed by atoms with E-state index in [4.69, 9.17) is 5.11 Å². The molecule has 0 saturated carbocycles. The first-order valence-corrected chi connectivity index (χ1v) is 6.09. The molecule has 0 bridgehead atoms. The van der Waals surface area contributed by atoms with Crippen molar-refractivity contribution in [1.29, 1.82) is 0 Å². The van der Waals surface area contributed by atoms with Crippen molar-refractivity contribution in [3.63, 3.8) is 0 Å². The molecule has 2 N–H and O–H groups in total. The van der Waals surface area contributed by atoms with Gasteiger partial charge in [0.1, 0.15) is 0 Å². The number of imidazole rings is 1. The average molecular weight is 282 g/mol. The van der Waals surface area contributed by atoms with Gasteiger partial charge in [0, 0.05) is 11.8 Å². The highest BCUT2D eigenvalue weighted by Gasteiger charge is 2.08. The summed E-state index contributed by atoms with van der Waals surface area (Å²) < 4.78 is 1.09. The Bertz CT molecular complexity index is 908. The Kier molecular flexibility index (Phi) is 3.07. The average Bonchev–Trinajstić information content (AvgIpc) is 2.81. The van der Waals surface area contributed by atoms with Gasteiger partial charge in [-0.25, -0.2) is 14.6 Å². The fraction of sp³-hybridized carbons (Fsp3) is 0. The number of aromatic amines is 1. The van der Waals surface area contributed by atoms with Crippen molar-refractivity contribution >= 4 is 23.3 Å². The lowest BCUT2D eigenvalue weighted by molar-refractivity contribution is 0.0697. The molecule has 0 aliphatic rings. The van der Waals surface area contributed by atoms with Crippen molar-refractivity contribution in [2.75, 3.05) is 0 Å². The number of aromatic nitrogens is 3. The maximum atomic E-state index is 11.8. The number of nitrogens with one attached hydrogen (secondary N) is 1. The van der Waals surface area contributed by atoms with Crippen LogP contribution in [0.4, 0.5) is 0 Å². The van der Waals surface area contributed by atoms with E-state index < -0.39 is 11.7 Å². The molecule has 7 nitrogen and oxygen atoms in total. The highest BCUT2D eigenvalue weighted by atomic mass is 16.4. The summed E-state index contributed by atoms with van der Waals surface area (Å²) in [6, 6.07) is 9.82. The third-order valence-electron chi connectivity index (χ3n) is 2.92. The van der Waals surface area contributed by atoms with Crippen LogP contribution in [0.2, 0.25) is 0 Å². The monoisotopic (exact) mass is 282 g/mol. The van der Waals surface area contributed by atoms with Gasteiger partial charge in [0.25, 0.3) is 0 Å². The molecular weight excluding hydrogens is 272 g/mol. The highest BCUT2D eigenvalue weighted by molar-refractivity contribution is 5.98. The van der Waals surface area contributed by atoms with Gasteiger partial charge in [-0.3, -0.25) is 0 Å². The summed E-state index contributed by atoms with van der Waals surface area (Å²) in [6.07, 6.45) is 2.87. The molecule has 0 unspecified atom stereocenters.